The third-order valence-corrected chi connectivity index (χ3v) is 2.29. The fraction of sp³-hybridized carbons (Fsp3) is 0.300. The van der Waals surface area contributed by atoms with Crippen molar-refractivity contribution in [1.82, 2.24) is 15.0 Å². The molecular weight excluding hydrogens is 194 g/mol. The second-order valence-corrected chi connectivity index (χ2v) is 3.50. The molecule has 0 aliphatic carbocycles. The molecule has 0 fully saturated rings. The molecule has 78 valence electrons. The molecule has 1 aromatic carbocycles. The van der Waals surface area contributed by atoms with Crippen LogP contribution in [-0.4, -0.2) is 26.1 Å². The van der Waals surface area contributed by atoms with Gasteiger partial charge in [-0.15, -0.1) is 5.10 Å². The van der Waals surface area contributed by atoms with E-state index in [1.165, 1.54) is 0 Å². The van der Waals surface area contributed by atoms with Crippen molar-refractivity contribution in [2.24, 2.45) is 5.92 Å². The minimum Gasteiger partial charge on any atom is -0.481 e. The van der Waals surface area contributed by atoms with E-state index in [1.54, 1.807) is 11.6 Å². The van der Waals surface area contributed by atoms with Crippen molar-refractivity contribution in [3.63, 3.8) is 0 Å². The number of nitrogens with zero attached hydrogens (tertiary/aromatic N) is 3. The highest BCUT2D eigenvalue weighted by Gasteiger charge is 2.13. The standard InChI is InChI=1S/C10H11N3O2/c1-7(10(14)15)6-13-9-5-3-2-4-8(9)11-12-13/h2-5,7H,6H2,1H3,(H,14,15)/t7-/m1/s1. The summed E-state index contributed by atoms with van der Waals surface area (Å²) in [6.45, 7) is 1.99. The van der Waals surface area contributed by atoms with Crippen LogP contribution in [-0.2, 0) is 11.3 Å². The van der Waals surface area contributed by atoms with E-state index in [0.29, 0.717) is 6.54 Å². The SMILES string of the molecule is C[C@H](Cn1nnc2ccccc21)C(=O)O. The molecule has 15 heavy (non-hydrogen) atoms. The molecule has 0 spiro atoms. The van der Waals surface area contributed by atoms with Gasteiger partial charge in [-0.05, 0) is 12.1 Å². The molecule has 0 aliphatic rings. The van der Waals surface area contributed by atoms with E-state index in [2.05, 4.69) is 10.3 Å². The van der Waals surface area contributed by atoms with Gasteiger partial charge >= 0.3 is 5.97 Å². The third-order valence-electron chi connectivity index (χ3n) is 2.29. The Labute approximate surface area is 86.3 Å². The second-order valence-electron chi connectivity index (χ2n) is 3.50. The third kappa shape index (κ3) is 1.81. The highest BCUT2D eigenvalue weighted by atomic mass is 16.4. The van der Waals surface area contributed by atoms with Crippen molar-refractivity contribution in [1.29, 1.82) is 0 Å². The van der Waals surface area contributed by atoms with Crippen molar-refractivity contribution in [3.05, 3.63) is 24.3 Å². The summed E-state index contributed by atoms with van der Waals surface area (Å²) in [6, 6.07) is 7.49. The minimum absolute atomic E-state index is 0.343. The Morgan fingerprint density at radius 2 is 2.27 bits per heavy atom. The average Bonchev–Trinajstić information content (AvgIpc) is 2.62. The Morgan fingerprint density at radius 3 is 3.00 bits per heavy atom. The molecular formula is C10H11N3O2. The quantitative estimate of drug-likeness (QED) is 0.816. The van der Waals surface area contributed by atoms with Gasteiger partial charge in [0.05, 0.1) is 18.0 Å². The van der Waals surface area contributed by atoms with Crippen LogP contribution in [0.4, 0.5) is 0 Å². The number of para-hydroxylation sites is 1. The summed E-state index contributed by atoms with van der Waals surface area (Å²) >= 11 is 0. The zero-order chi connectivity index (χ0) is 10.8. The Kier molecular flexibility index (Phi) is 2.37. The van der Waals surface area contributed by atoms with Crippen LogP contribution in [0.15, 0.2) is 24.3 Å². The van der Waals surface area contributed by atoms with E-state index < -0.39 is 11.9 Å². The molecule has 2 aromatic rings. The number of carbonyl (C=O) groups is 1. The summed E-state index contributed by atoms with van der Waals surface area (Å²) in [7, 11) is 0. The second kappa shape index (κ2) is 3.68. The van der Waals surface area contributed by atoms with Gasteiger partial charge in [0.1, 0.15) is 5.52 Å². The van der Waals surface area contributed by atoms with Crippen LogP contribution in [0, 0.1) is 5.92 Å². The molecule has 1 atom stereocenters. The van der Waals surface area contributed by atoms with Gasteiger partial charge in [0.25, 0.3) is 0 Å². The fourth-order valence-electron chi connectivity index (χ4n) is 1.39. The fourth-order valence-corrected chi connectivity index (χ4v) is 1.39. The van der Waals surface area contributed by atoms with Gasteiger partial charge in [-0.1, -0.05) is 24.3 Å². The maximum atomic E-state index is 10.7. The molecule has 5 heteroatoms. The van der Waals surface area contributed by atoms with Crippen molar-refractivity contribution in [2.75, 3.05) is 0 Å². The van der Waals surface area contributed by atoms with Crippen LogP contribution in [0.1, 0.15) is 6.92 Å². The number of hydrogen-bond donors (Lipinski definition) is 1. The number of benzene rings is 1. The van der Waals surface area contributed by atoms with Gasteiger partial charge in [-0.3, -0.25) is 4.79 Å². The van der Waals surface area contributed by atoms with Crippen molar-refractivity contribution in [2.45, 2.75) is 13.5 Å². The summed E-state index contributed by atoms with van der Waals surface area (Å²) < 4.78 is 1.62. The van der Waals surface area contributed by atoms with Gasteiger partial charge in [-0.2, -0.15) is 0 Å². The lowest BCUT2D eigenvalue weighted by Gasteiger charge is -2.05. The lowest BCUT2D eigenvalue weighted by atomic mass is 10.2. The number of hydrogen-bond acceptors (Lipinski definition) is 3. The predicted octanol–water partition coefficient (Wildman–Crippen LogP) is 1.15. The number of carboxylic acid groups (broad SMARTS) is 1. The molecule has 0 saturated carbocycles. The number of rotatable bonds is 3. The molecule has 1 N–H and O–H groups in total. The first kappa shape index (κ1) is 9.64. The highest BCUT2D eigenvalue weighted by molar-refractivity contribution is 5.74. The van der Waals surface area contributed by atoms with Gasteiger partial charge in [0.2, 0.25) is 0 Å². The molecule has 0 radical (unpaired) electrons. The van der Waals surface area contributed by atoms with E-state index >= 15 is 0 Å². The van der Waals surface area contributed by atoms with Crippen molar-refractivity contribution < 1.29 is 9.90 Å². The van der Waals surface area contributed by atoms with Crippen LogP contribution >= 0.6 is 0 Å². The number of fused-ring (bicyclic) bond motifs is 1. The van der Waals surface area contributed by atoms with Gasteiger partial charge < -0.3 is 5.11 Å². The van der Waals surface area contributed by atoms with E-state index in [1.807, 2.05) is 24.3 Å². The first-order chi connectivity index (χ1) is 7.18. The maximum absolute atomic E-state index is 10.7. The van der Waals surface area contributed by atoms with Crippen LogP contribution in [0.25, 0.3) is 11.0 Å². The van der Waals surface area contributed by atoms with E-state index in [-0.39, 0.29) is 0 Å². The van der Waals surface area contributed by atoms with Gasteiger partial charge in [0, 0.05) is 0 Å². The highest BCUT2D eigenvalue weighted by Crippen LogP contribution is 2.11. The number of carboxylic acids is 1. The zero-order valence-electron chi connectivity index (χ0n) is 8.29. The predicted molar refractivity (Wildman–Crippen MR) is 54.3 cm³/mol. The number of aliphatic carboxylic acids is 1. The lowest BCUT2D eigenvalue weighted by Crippen LogP contribution is -2.17. The van der Waals surface area contributed by atoms with E-state index in [4.69, 9.17) is 5.11 Å². The summed E-state index contributed by atoms with van der Waals surface area (Å²) in [4.78, 5) is 10.7. The topological polar surface area (TPSA) is 68.0 Å². The van der Waals surface area contributed by atoms with Gasteiger partial charge in [-0.25, -0.2) is 4.68 Å². The molecule has 1 heterocycles. The first-order valence-electron chi connectivity index (χ1n) is 4.69. The first-order valence-corrected chi connectivity index (χ1v) is 4.69. The normalized spacial score (nSPS) is 12.9. The lowest BCUT2D eigenvalue weighted by molar-refractivity contribution is -0.141. The Morgan fingerprint density at radius 1 is 1.53 bits per heavy atom. The maximum Gasteiger partial charge on any atom is 0.308 e. The van der Waals surface area contributed by atoms with Crippen molar-refractivity contribution in [3.8, 4) is 0 Å². The molecule has 0 bridgehead atoms. The Balaban J connectivity index is 2.32. The van der Waals surface area contributed by atoms with Crippen LogP contribution < -0.4 is 0 Å². The largest absolute Gasteiger partial charge is 0.481 e. The molecule has 0 unspecified atom stereocenters. The van der Waals surface area contributed by atoms with Gasteiger partial charge in [0.15, 0.2) is 0 Å². The van der Waals surface area contributed by atoms with Crippen LogP contribution in [0.5, 0.6) is 0 Å². The smallest absolute Gasteiger partial charge is 0.308 e. The Bertz CT molecular complexity index is 492. The van der Waals surface area contributed by atoms with Crippen LogP contribution in [0.3, 0.4) is 0 Å². The summed E-state index contributed by atoms with van der Waals surface area (Å²) in [5.41, 5.74) is 1.65. The monoisotopic (exact) mass is 205 g/mol. The zero-order valence-corrected chi connectivity index (χ0v) is 8.29. The molecule has 0 amide bonds. The molecule has 0 aliphatic heterocycles. The summed E-state index contributed by atoms with van der Waals surface area (Å²) in [5, 5.41) is 16.7. The van der Waals surface area contributed by atoms with E-state index in [9.17, 15) is 4.79 Å². The minimum atomic E-state index is -0.824. The molecule has 1 aromatic heterocycles. The molecule has 2 rings (SSSR count). The van der Waals surface area contributed by atoms with Crippen molar-refractivity contribution >= 4 is 17.0 Å². The average molecular weight is 205 g/mol. The summed E-state index contributed by atoms with van der Waals surface area (Å²) in [6.07, 6.45) is 0. The summed E-state index contributed by atoms with van der Waals surface area (Å²) in [5.74, 6) is -1.29. The molecule has 0 saturated heterocycles. The number of aromatic nitrogens is 3. The Hall–Kier alpha value is -1.91. The molecule has 5 nitrogen and oxygen atoms in total. The van der Waals surface area contributed by atoms with Crippen LogP contribution in [0.2, 0.25) is 0 Å². The van der Waals surface area contributed by atoms with E-state index in [0.717, 1.165) is 11.0 Å².